The zero-order valence-corrected chi connectivity index (χ0v) is 17.3. The van der Waals surface area contributed by atoms with Crippen molar-refractivity contribution in [2.24, 2.45) is 0 Å². The summed E-state index contributed by atoms with van der Waals surface area (Å²) in [6, 6.07) is 11.8. The maximum absolute atomic E-state index is 12.9. The molecule has 2 aliphatic rings. The Morgan fingerprint density at radius 3 is 2.60 bits per heavy atom. The summed E-state index contributed by atoms with van der Waals surface area (Å²) in [6.45, 7) is 0.789. The molecular weight excluding hydrogens is 425 g/mol. The molecule has 0 aliphatic carbocycles. The van der Waals surface area contributed by atoms with Gasteiger partial charge in [-0.3, -0.25) is 9.78 Å². The van der Waals surface area contributed by atoms with Gasteiger partial charge < -0.3 is 9.64 Å². The van der Waals surface area contributed by atoms with Crippen LogP contribution < -0.4 is 4.90 Å². The Hall–Kier alpha value is -2.67. The third kappa shape index (κ3) is 3.41. The first-order valence-corrected chi connectivity index (χ1v) is 10.3. The van der Waals surface area contributed by atoms with Crippen LogP contribution in [-0.4, -0.2) is 40.5 Å². The Labute approximate surface area is 182 Å². The molecule has 8 heteroatoms. The molecule has 30 heavy (non-hydrogen) atoms. The number of carbonyl (C=O) groups excluding carboxylic acids is 2. The summed E-state index contributed by atoms with van der Waals surface area (Å²) >= 11 is 12.1. The molecule has 3 heterocycles. The number of urea groups is 1. The van der Waals surface area contributed by atoms with Crippen LogP contribution >= 0.6 is 23.2 Å². The lowest BCUT2D eigenvalue weighted by molar-refractivity contribution is -0.119. The number of fused-ring (bicyclic) bond motifs is 2. The van der Waals surface area contributed by atoms with Crippen molar-refractivity contribution < 1.29 is 14.3 Å². The number of carbonyl (C=O) groups is 2. The molecule has 2 fully saturated rings. The number of anilines is 1. The third-order valence-electron chi connectivity index (χ3n) is 5.50. The van der Waals surface area contributed by atoms with Crippen molar-refractivity contribution in [3.63, 3.8) is 0 Å². The van der Waals surface area contributed by atoms with Crippen molar-refractivity contribution in [3.05, 3.63) is 70.5 Å². The lowest BCUT2D eigenvalue weighted by Gasteiger charge is -2.18. The SMILES string of the molecule is O=C1[C@@H]2C[C@H](OCc3ccc4cnccc4c3)CN2C(=O)N1c1cc(Cl)cc(Cl)c1. The fourth-order valence-corrected chi connectivity index (χ4v) is 4.59. The molecule has 2 saturated heterocycles. The minimum absolute atomic E-state index is 0.193. The number of imide groups is 1. The summed E-state index contributed by atoms with van der Waals surface area (Å²) in [5.74, 6) is -0.275. The smallest absolute Gasteiger partial charge is 0.332 e. The van der Waals surface area contributed by atoms with Gasteiger partial charge in [0.2, 0.25) is 0 Å². The predicted molar refractivity (Wildman–Crippen MR) is 115 cm³/mol. The lowest BCUT2D eigenvalue weighted by atomic mass is 10.1. The third-order valence-corrected chi connectivity index (χ3v) is 5.94. The standard InChI is InChI=1S/C22H17Cl2N3O3/c23-16-6-17(24)8-18(7-16)27-21(28)20-9-19(11-26(20)22(27)29)30-12-13-1-2-15-10-25-4-3-14(15)5-13/h1-8,10,19-20H,9,11-12H2/t19-,20-/m0/s1. The van der Waals surface area contributed by atoms with Gasteiger partial charge in [-0.25, -0.2) is 9.69 Å². The van der Waals surface area contributed by atoms with Crippen molar-refractivity contribution in [1.29, 1.82) is 0 Å². The van der Waals surface area contributed by atoms with Crippen LogP contribution in [0.15, 0.2) is 54.9 Å². The summed E-state index contributed by atoms with van der Waals surface area (Å²) in [4.78, 5) is 32.6. The first-order chi connectivity index (χ1) is 14.5. The van der Waals surface area contributed by atoms with Gasteiger partial charge in [0.05, 0.1) is 18.4 Å². The van der Waals surface area contributed by atoms with Gasteiger partial charge in [0.1, 0.15) is 6.04 Å². The molecule has 0 N–H and O–H groups in total. The Morgan fingerprint density at radius 2 is 1.83 bits per heavy atom. The second kappa shape index (κ2) is 7.54. The van der Waals surface area contributed by atoms with E-state index < -0.39 is 6.04 Å². The number of nitrogens with zero attached hydrogens (tertiary/aromatic N) is 3. The summed E-state index contributed by atoms with van der Waals surface area (Å²) < 4.78 is 6.03. The van der Waals surface area contributed by atoms with Crippen LogP contribution in [0.2, 0.25) is 10.0 Å². The number of hydrogen-bond donors (Lipinski definition) is 0. The van der Waals surface area contributed by atoms with E-state index in [0.29, 0.717) is 35.3 Å². The molecule has 6 nitrogen and oxygen atoms in total. The van der Waals surface area contributed by atoms with Crippen molar-refractivity contribution in [2.75, 3.05) is 11.4 Å². The maximum Gasteiger partial charge on any atom is 0.332 e. The Kier molecular flexibility index (Phi) is 4.85. The number of halogens is 2. The highest BCUT2D eigenvalue weighted by Gasteiger charge is 2.51. The number of ether oxygens (including phenoxy) is 1. The van der Waals surface area contributed by atoms with Crippen molar-refractivity contribution >= 4 is 51.6 Å². The van der Waals surface area contributed by atoms with E-state index >= 15 is 0 Å². The highest BCUT2D eigenvalue weighted by atomic mass is 35.5. The van der Waals surface area contributed by atoms with Crippen LogP contribution in [0.3, 0.4) is 0 Å². The van der Waals surface area contributed by atoms with Crippen LogP contribution in [0.5, 0.6) is 0 Å². The Morgan fingerprint density at radius 1 is 1.03 bits per heavy atom. The Balaban J connectivity index is 1.27. The van der Waals surface area contributed by atoms with Gasteiger partial charge in [-0.05, 0) is 41.3 Å². The lowest BCUT2D eigenvalue weighted by Crippen LogP contribution is -2.35. The van der Waals surface area contributed by atoms with E-state index in [-0.39, 0.29) is 18.0 Å². The molecular formula is C22H17Cl2N3O3. The van der Waals surface area contributed by atoms with Gasteiger partial charge in [-0.1, -0.05) is 35.3 Å². The first kappa shape index (κ1) is 19.3. The Bertz CT molecular complexity index is 1130. The van der Waals surface area contributed by atoms with E-state index in [1.165, 1.54) is 0 Å². The number of hydrogen-bond acceptors (Lipinski definition) is 4. The average molecular weight is 442 g/mol. The predicted octanol–water partition coefficient (Wildman–Crippen LogP) is 4.67. The quantitative estimate of drug-likeness (QED) is 0.551. The summed E-state index contributed by atoms with van der Waals surface area (Å²) in [6.07, 6.45) is 3.85. The number of aromatic nitrogens is 1. The normalized spacial score (nSPS) is 21.0. The molecule has 3 amide bonds. The van der Waals surface area contributed by atoms with E-state index in [9.17, 15) is 9.59 Å². The van der Waals surface area contributed by atoms with Gasteiger partial charge in [0.25, 0.3) is 5.91 Å². The number of pyridine rings is 1. The second-order valence-electron chi connectivity index (χ2n) is 7.48. The number of rotatable bonds is 4. The minimum atomic E-state index is -0.525. The molecule has 5 rings (SSSR count). The van der Waals surface area contributed by atoms with Gasteiger partial charge in [-0.2, -0.15) is 0 Å². The summed E-state index contributed by atoms with van der Waals surface area (Å²) in [5.41, 5.74) is 1.42. The molecule has 152 valence electrons. The van der Waals surface area contributed by atoms with Crippen molar-refractivity contribution in [1.82, 2.24) is 9.88 Å². The first-order valence-electron chi connectivity index (χ1n) is 9.54. The minimum Gasteiger partial charge on any atom is -0.372 e. The monoisotopic (exact) mass is 441 g/mol. The van der Waals surface area contributed by atoms with E-state index in [0.717, 1.165) is 21.2 Å². The van der Waals surface area contributed by atoms with Crippen LogP contribution in [0.25, 0.3) is 10.8 Å². The average Bonchev–Trinajstić information content (AvgIpc) is 3.24. The molecule has 2 aliphatic heterocycles. The molecule has 0 radical (unpaired) electrons. The molecule has 1 aromatic heterocycles. The summed E-state index contributed by atoms with van der Waals surface area (Å²) in [7, 11) is 0. The van der Waals surface area contributed by atoms with E-state index in [4.69, 9.17) is 27.9 Å². The van der Waals surface area contributed by atoms with Crippen LogP contribution in [0, 0.1) is 0 Å². The van der Waals surface area contributed by atoms with E-state index in [1.54, 1.807) is 29.3 Å². The van der Waals surface area contributed by atoms with E-state index in [1.807, 2.05) is 24.4 Å². The highest BCUT2D eigenvalue weighted by molar-refractivity contribution is 6.35. The van der Waals surface area contributed by atoms with Gasteiger partial charge in [-0.15, -0.1) is 0 Å². The van der Waals surface area contributed by atoms with Crippen LogP contribution in [0.1, 0.15) is 12.0 Å². The largest absolute Gasteiger partial charge is 0.372 e. The zero-order chi connectivity index (χ0) is 20.8. The highest BCUT2D eigenvalue weighted by Crippen LogP contribution is 2.35. The van der Waals surface area contributed by atoms with Gasteiger partial charge in [0, 0.05) is 40.8 Å². The summed E-state index contributed by atoms with van der Waals surface area (Å²) in [5, 5.41) is 2.91. The van der Waals surface area contributed by atoms with Crippen LogP contribution in [0.4, 0.5) is 10.5 Å². The molecule has 2 aromatic carbocycles. The molecule has 0 saturated carbocycles. The van der Waals surface area contributed by atoms with Crippen molar-refractivity contribution in [2.45, 2.75) is 25.2 Å². The molecule has 2 atom stereocenters. The topological polar surface area (TPSA) is 62.7 Å². The second-order valence-corrected chi connectivity index (χ2v) is 8.35. The fourth-order valence-electron chi connectivity index (χ4n) is 4.08. The molecule has 3 aromatic rings. The zero-order valence-electron chi connectivity index (χ0n) is 15.8. The van der Waals surface area contributed by atoms with Crippen molar-refractivity contribution in [3.8, 4) is 0 Å². The maximum atomic E-state index is 12.9. The number of amides is 3. The molecule has 0 bridgehead atoms. The molecule has 0 unspecified atom stereocenters. The van der Waals surface area contributed by atoms with Crippen LogP contribution in [-0.2, 0) is 16.1 Å². The van der Waals surface area contributed by atoms with Gasteiger partial charge in [0.15, 0.2) is 0 Å². The molecule has 0 spiro atoms. The number of benzene rings is 2. The van der Waals surface area contributed by atoms with Gasteiger partial charge >= 0.3 is 6.03 Å². The fraction of sp³-hybridized carbons (Fsp3) is 0.227. The van der Waals surface area contributed by atoms with E-state index in [2.05, 4.69) is 11.1 Å².